The van der Waals surface area contributed by atoms with Crippen LogP contribution in [0.25, 0.3) is 11.3 Å². The molecule has 0 bridgehead atoms. The summed E-state index contributed by atoms with van der Waals surface area (Å²) in [5, 5.41) is 9.24. The number of carbonyl (C=O) groups is 1. The molecule has 158 valence electrons. The smallest absolute Gasteiger partial charge is 0.323 e. The Morgan fingerprint density at radius 2 is 1.77 bits per heavy atom. The molecule has 0 spiro atoms. The Bertz CT molecular complexity index is 999. The Balaban J connectivity index is 1.82. The first-order valence-corrected chi connectivity index (χ1v) is 9.26. The molecular formula is C21H23F2N5O2. The van der Waals surface area contributed by atoms with Crippen LogP contribution in [-0.2, 0) is 7.05 Å². The quantitative estimate of drug-likeness (QED) is 0.613. The van der Waals surface area contributed by atoms with Crippen molar-refractivity contribution >= 4 is 17.4 Å². The second kappa shape index (κ2) is 9.36. The lowest BCUT2D eigenvalue weighted by Crippen LogP contribution is -2.20. The largest absolute Gasteiger partial charge is 0.492 e. The van der Waals surface area contributed by atoms with Crippen molar-refractivity contribution in [1.82, 2.24) is 14.7 Å². The lowest BCUT2D eigenvalue weighted by Gasteiger charge is -2.16. The van der Waals surface area contributed by atoms with Gasteiger partial charge in [-0.25, -0.2) is 13.6 Å². The molecule has 1 heterocycles. The number of urea groups is 1. The number of ether oxygens (including phenoxy) is 1. The van der Waals surface area contributed by atoms with Crippen LogP contribution in [0.3, 0.4) is 0 Å². The van der Waals surface area contributed by atoms with E-state index in [0.717, 1.165) is 6.20 Å². The van der Waals surface area contributed by atoms with E-state index in [2.05, 4.69) is 15.7 Å². The second-order valence-electron chi connectivity index (χ2n) is 6.91. The molecule has 1 aromatic heterocycles. The van der Waals surface area contributed by atoms with Crippen LogP contribution < -0.4 is 15.4 Å². The van der Waals surface area contributed by atoms with Gasteiger partial charge in [0.1, 0.15) is 23.9 Å². The summed E-state index contributed by atoms with van der Waals surface area (Å²) in [6, 6.07) is 9.84. The first-order valence-electron chi connectivity index (χ1n) is 9.26. The van der Waals surface area contributed by atoms with Gasteiger partial charge in [-0.1, -0.05) is 0 Å². The van der Waals surface area contributed by atoms with Crippen molar-refractivity contribution in [3.63, 3.8) is 0 Å². The van der Waals surface area contributed by atoms with E-state index >= 15 is 0 Å². The molecule has 7 nitrogen and oxygen atoms in total. The van der Waals surface area contributed by atoms with E-state index in [1.165, 1.54) is 28.9 Å². The van der Waals surface area contributed by atoms with Gasteiger partial charge in [0.2, 0.25) is 0 Å². The number of aromatic nitrogens is 2. The molecule has 2 amide bonds. The average Bonchev–Trinajstić information content (AvgIpc) is 3.02. The van der Waals surface area contributed by atoms with Gasteiger partial charge >= 0.3 is 6.03 Å². The Kier molecular flexibility index (Phi) is 6.63. The van der Waals surface area contributed by atoms with Crippen molar-refractivity contribution in [2.45, 2.75) is 0 Å². The van der Waals surface area contributed by atoms with Gasteiger partial charge < -0.3 is 20.3 Å². The van der Waals surface area contributed by atoms with Crippen molar-refractivity contribution in [3.05, 3.63) is 60.3 Å². The Labute approximate surface area is 173 Å². The number of hydrogen-bond acceptors (Lipinski definition) is 4. The summed E-state index contributed by atoms with van der Waals surface area (Å²) >= 11 is 0. The van der Waals surface area contributed by atoms with Gasteiger partial charge in [-0.05, 0) is 56.6 Å². The fourth-order valence-electron chi connectivity index (χ4n) is 2.80. The first-order chi connectivity index (χ1) is 14.3. The van der Waals surface area contributed by atoms with Crippen LogP contribution in [0.15, 0.2) is 48.7 Å². The number of hydrogen-bond donors (Lipinski definition) is 2. The van der Waals surface area contributed by atoms with E-state index in [1.807, 2.05) is 19.0 Å². The van der Waals surface area contributed by atoms with E-state index in [1.54, 1.807) is 25.2 Å². The number of nitrogens with zero attached hydrogens (tertiary/aromatic N) is 3. The van der Waals surface area contributed by atoms with E-state index in [-0.39, 0.29) is 5.69 Å². The van der Waals surface area contributed by atoms with Crippen LogP contribution in [0.5, 0.6) is 5.75 Å². The summed E-state index contributed by atoms with van der Waals surface area (Å²) in [7, 11) is 5.49. The summed E-state index contributed by atoms with van der Waals surface area (Å²) in [6.45, 7) is 1.10. The second-order valence-corrected chi connectivity index (χ2v) is 6.91. The lowest BCUT2D eigenvalue weighted by molar-refractivity contribution is 0.261. The van der Waals surface area contributed by atoms with Crippen LogP contribution in [0.4, 0.5) is 25.0 Å². The maximum atomic E-state index is 14.4. The number of aryl methyl sites for hydroxylation is 1. The van der Waals surface area contributed by atoms with Crippen LogP contribution >= 0.6 is 0 Å². The van der Waals surface area contributed by atoms with Crippen LogP contribution in [-0.4, -0.2) is 48.0 Å². The minimum Gasteiger partial charge on any atom is -0.492 e. The molecule has 2 N–H and O–H groups in total. The molecule has 0 aliphatic heterocycles. The van der Waals surface area contributed by atoms with Crippen LogP contribution in [0.1, 0.15) is 0 Å². The maximum Gasteiger partial charge on any atom is 0.323 e. The molecule has 2 aromatic carbocycles. The fourth-order valence-corrected chi connectivity index (χ4v) is 2.80. The molecular weight excluding hydrogens is 392 g/mol. The molecule has 3 aromatic rings. The Morgan fingerprint density at radius 1 is 1.10 bits per heavy atom. The number of carbonyl (C=O) groups excluding carboxylic acids is 1. The minimum absolute atomic E-state index is 0.248. The van der Waals surface area contributed by atoms with Gasteiger partial charge in [0.15, 0.2) is 5.82 Å². The van der Waals surface area contributed by atoms with Gasteiger partial charge in [-0.3, -0.25) is 4.68 Å². The van der Waals surface area contributed by atoms with Crippen LogP contribution in [0, 0.1) is 11.6 Å². The third kappa shape index (κ3) is 5.32. The molecule has 0 aliphatic carbocycles. The number of benzene rings is 2. The van der Waals surface area contributed by atoms with Gasteiger partial charge in [0.25, 0.3) is 0 Å². The summed E-state index contributed by atoms with van der Waals surface area (Å²) in [5.74, 6) is -0.416. The normalized spacial score (nSPS) is 10.9. The van der Waals surface area contributed by atoms with Crippen LogP contribution in [0.2, 0.25) is 0 Å². The standard InChI is InChI=1S/C21H23F2N5O2/c1-27(2)10-11-30-19-9-8-16(12-17(19)20-18(23)13-24-28(20)3)26-21(29)25-15-6-4-14(22)5-7-15/h4-9,12-13H,10-11H2,1-3H3,(H2,25,26,29). The highest BCUT2D eigenvalue weighted by Gasteiger charge is 2.17. The van der Waals surface area contributed by atoms with Crippen molar-refractivity contribution in [2.75, 3.05) is 37.9 Å². The Hall–Kier alpha value is -3.46. The maximum absolute atomic E-state index is 14.4. The highest BCUT2D eigenvalue weighted by molar-refractivity contribution is 6.00. The summed E-state index contributed by atoms with van der Waals surface area (Å²) in [6.07, 6.45) is 1.13. The zero-order chi connectivity index (χ0) is 21.7. The van der Waals surface area contributed by atoms with Gasteiger partial charge in [0.05, 0.1) is 6.20 Å². The number of halogens is 2. The minimum atomic E-state index is -0.515. The summed E-state index contributed by atoms with van der Waals surface area (Å²) in [4.78, 5) is 14.3. The van der Waals surface area contributed by atoms with Crippen molar-refractivity contribution in [2.24, 2.45) is 7.05 Å². The molecule has 0 atom stereocenters. The SMILES string of the molecule is CN(C)CCOc1ccc(NC(=O)Nc2ccc(F)cc2)cc1-c1c(F)cnn1C. The molecule has 3 rings (SSSR count). The predicted octanol–water partition coefficient (Wildman–Crippen LogP) is 3.95. The third-order valence-corrected chi connectivity index (χ3v) is 4.28. The Morgan fingerprint density at radius 3 is 2.40 bits per heavy atom. The highest BCUT2D eigenvalue weighted by atomic mass is 19.1. The highest BCUT2D eigenvalue weighted by Crippen LogP contribution is 2.34. The van der Waals surface area contributed by atoms with E-state index < -0.39 is 17.7 Å². The molecule has 0 radical (unpaired) electrons. The lowest BCUT2D eigenvalue weighted by atomic mass is 10.1. The molecule has 30 heavy (non-hydrogen) atoms. The molecule has 9 heteroatoms. The molecule has 0 aliphatic rings. The number of anilines is 2. The van der Waals surface area contributed by atoms with Crippen molar-refractivity contribution < 1.29 is 18.3 Å². The van der Waals surface area contributed by atoms with Gasteiger partial charge in [-0.15, -0.1) is 0 Å². The molecule has 0 unspecified atom stereocenters. The monoisotopic (exact) mass is 415 g/mol. The van der Waals surface area contributed by atoms with Gasteiger partial charge in [0, 0.05) is 30.5 Å². The fraction of sp³-hybridized carbons (Fsp3) is 0.238. The van der Waals surface area contributed by atoms with Crippen molar-refractivity contribution in [3.8, 4) is 17.0 Å². The number of nitrogens with one attached hydrogen (secondary N) is 2. The van der Waals surface area contributed by atoms with Gasteiger partial charge in [-0.2, -0.15) is 5.10 Å². The molecule has 0 saturated heterocycles. The van der Waals surface area contributed by atoms with E-state index in [9.17, 15) is 13.6 Å². The van der Waals surface area contributed by atoms with Crippen molar-refractivity contribution in [1.29, 1.82) is 0 Å². The first kappa shape index (κ1) is 21.3. The van der Waals surface area contributed by atoms with E-state index in [0.29, 0.717) is 35.8 Å². The number of rotatable bonds is 7. The zero-order valence-corrected chi connectivity index (χ0v) is 16.9. The summed E-state index contributed by atoms with van der Waals surface area (Å²) in [5.41, 5.74) is 1.59. The molecule has 0 saturated carbocycles. The summed E-state index contributed by atoms with van der Waals surface area (Å²) < 4.78 is 34.6. The number of likely N-dealkylation sites (N-methyl/N-ethyl adjacent to an activating group) is 1. The van der Waals surface area contributed by atoms with E-state index in [4.69, 9.17) is 4.74 Å². The average molecular weight is 415 g/mol. The molecule has 0 fully saturated rings. The topological polar surface area (TPSA) is 71.4 Å². The zero-order valence-electron chi connectivity index (χ0n) is 16.9. The third-order valence-electron chi connectivity index (χ3n) is 4.28. The number of amides is 2. The predicted molar refractivity (Wildman–Crippen MR) is 112 cm³/mol.